The molecule has 0 aromatic heterocycles. The van der Waals surface area contributed by atoms with Crippen LogP contribution in [0.5, 0.6) is 0 Å². The zero-order valence-electron chi connectivity index (χ0n) is 15.4. The second-order valence-corrected chi connectivity index (χ2v) is 4.94. The third-order valence-corrected chi connectivity index (χ3v) is 2.97. The first-order valence-corrected chi connectivity index (χ1v) is 8.09. The quantitative estimate of drug-likeness (QED) is 0.373. The van der Waals surface area contributed by atoms with Crippen LogP contribution in [0.3, 0.4) is 0 Å². The zero-order valence-corrected chi connectivity index (χ0v) is 15.4. The van der Waals surface area contributed by atoms with Gasteiger partial charge < -0.3 is 21.3 Å². The highest BCUT2D eigenvalue weighted by Crippen LogP contribution is 2.09. The number of carbonyl (C=O) groups excluding carboxylic acids is 4. The van der Waals surface area contributed by atoms with E-state index in [1.807, 2.05) is 18.2 Å². The molecule has 8 nitrogen and oxygen atoms in total. The number of nitrogens with one attached hydrogen (secondary N) is 4. The van der Waals surface area contributed by atoms with Crippen molar-refractivity contribution in [3.8, 4) is 0 Å². The summed E-state index contributed by atoms with van der Waals surface area (Å²) in [4.78, 5) is 43.5. The van der Waals surface area contributed by atoms with Crippen LogP contribution in [0.15, 0.2) is 81.0 Å². The molecule has 0 aliphatic heterocycles. The number of rotatable bonds is 9. The van der Waals surface area contributed by atoms with Crippen LogP contribution in [0.4, 0.5) is 0 Å². The lowest BCUT2D eigenvalue weighted by atomic mass is 10.1. The lowest BCUT2D eigenvalue weighted by Crippen LogP contribution is -2.39. The molecule has 0 saturated carbocycles. The fraction of sp³-hybridized carbons (Fsp3) is 0.100. The van der Waals surface area contributed by atoms with Gasteiger partial charge in [0.2, 0.25) is 23.6 Å². The summed E-state index contributed by atoms with van der Waals surface area (Å²) < 4.78 is 0. The molecular formula is C20H24N4O4. The van der Waals surface area contributed by atoms with E-state index in [1.54, 1.807) is 12.1 Å². The predicted octanol–water partition coefficient (Wildman–Crippen LogP) is 0.838. The van der Waals surface area contributed by atoms with E-state index >= 15 is 0 Å². The van der Waals surface area contributed by atoms with Crippen molar-refractivity contribution in [2.75, 3.05) is 6.67 Å². The monoisotopic (exact) mass is 384 g/mol. The Balaban J connectivity index is 0.000000576. The Morgan fingerprint density at radius 2 is 1.11 bits per heavy atom. The Labute approximate surface area is 164 Å². The summed E-state index contributed by atoms with van der Waals surface area (Å²) in [6.07, 6.45) is 3.96. The van der Waals surface area contributed by atoms with Gasteiger partial charge in [-0.3, -0.25) is 19.2 Å². The van der Waals surface area contributed by atoms with Crippen LogP contribution in [0.1, 0.15) is 11.7 Å². The molecule has 1 aromatic carbocycles. The minimum Gasteiger partial charge on any atom is -0.335 e. The van der Waals surface area contributed by atoms with E-state index in [9.17, 15) is 19.2 Å². The molecule has 0 aliphatic carbocycles. The molecule has 1 rings (SSSR count). The molecular weight excluding hydrogens is 360 g/mol. The van der Waals surface area contributed by atoms with Crippen LogP contribution in [-0.4, -0.2) is 30.3 Å². The molecule has 0 fully saturated rings. The topological polar surface area (TPSA) is 116 Å². The second kappa shape index (κ2) is 14.3. The lowest BCUT2D eigenvalue weighted by molar-refractivity contribution is -0.120. The van der Waals surface area contributed by atoms with Crippen molar-refractivity contribution in [2.45, 2.75) is 6.17 Å². The van der Waals surface area contributed by atoms with Crippen molar-refractivity contribution in [1.29, 1.82) is 0 Å². The number of carbonyl (C=O) groups is 4. The Morgan fingerprint density at radius 1 is 0.714 bits per heavy atom. The number of amides is 4. The third-order valence-electron chi connectivity index (χ3n) is 2.97. The van der Waals surface area contributed by atoms with Crippen LogP contribution in [0.25, 0.3) is 0 Å². The minimum atomic E-state index is -0.591. The van der Waals surface area contributed by atoms with Gasteiger partial charge in [0, 0.05) is 0 Å². The highest BCUT2D eigenvalue weighted by atomic mass is 16.2. The average Bonchev–Trinajstić information content (AvgIpc) is 2.73. The van der Waals surface area contributed by atoms with Gasteiger partial charge >= 0.3 is 0 Å². The normalized spacial score (nSPS) is 8.89. The van der Waals surface area contributed by atoms with Crippen molar-refractivity contribution in [3.63, 3.8) is 0 Å². The summed E-state index contributed by atoms with van der Waals surface area (Å²) in [5.74, 6) is -1.37. The first kappa shape index (κ1) is 24.1. The van der Waals surface area contributed by atoms with Crippen molar-refractivity contribution < 1.29 is 19.2 Å². The van der Waals surface area contributed by atoms with Gasteiger partial charge in [0.15, 0.2) is 0 Å². The maximum atomic E-state index is 11.3. The molecule has 0 spiro atoms. The zero-order chi connectivity index (χ0) is 21.4. The highest BCUT2D eigenvalue weighted by Gasteiger charge is 2.13. The van der Waals surface area contributed by atoms with Crippen molar-refractivity contribution in [2.24, 2.45) is 0 Å². The van der Waals surface area contributed by atoms with Crippen molar-refractivity contribution >= 4 is 23.6 Å². The fourth-order valence-corrected chi connectivity index (χ4v) is 1.61. The van der Waals surface area contributed by atoms with E-state index in [0.29, 0.717) is 0 Å². The maximum absolute atomic E-state index is 11.3. The van der Waals surface area contributed by atoms with Crippen molar-refractivity contribution in [3.05, 3.63) is 86.5 Å². The molecule has 4 amide bonds. The lowest BCUT2D eigenvalue weighted by Gasteiger charge is -2.19. The van der Waals surface area contributed by atoms with E-state index in [0.717, 1.165) is 29.9 Å². The van der Waals surface area contributed by atoms with Gasteiger partial charge in [-0.2, -0.15) is 0 Å². The molecule has 0 heterocycles. The van der Waals surface area contributed by atoms with Gasteiger partial charge in [0.05, 0.1) is 6.67 Å². The Kier molecular flexibility index (Phi) is 12.2. The van der Waals surface area contributed by atoms with Gasteiger partial charge in [-0.25, -0.2) is 0 Å². The Morgan fingerprint density at radius 3 is 1.46 bits per heavy atom. The number of hydrogen-bond acceptors (Lipinski definition) is 4. The molecule has 0 saturated heterocycles. The van der Waals surface area contributed by atoms with E-state index in [2.05, 4.69) is 47.6 Å². The smallest absolute Gasteiger partial charge is 0.245 e. The first-order valence-electron chi connectivity index (χ1n) is 8.09. The molecule has 4 N–H and O–H groups in total. The Bertz CT molecular complexity index is 687. The van der Waals surface area contributed by atoms with Gasteiger partial charge in [-0.15, -0.1) is 0 Å². The highest BCUT2D eigenvalue weighted by molar-refractivity contribution is 5.90. The fourth-order valence-electron chi connectivity index (χ4n) is 1.61. The molecule has 0 bridgehead atoms. The maximum Gasteiger partial charge on any atom is 0.245 e. The Hall–Kier alpha value is -3.94. The number of benzene rings is 1. The van der Waals surface area contributed by atoms with Gasteiger partial charge in [0.1, 0.15) is 6.17 Å². The third kappa shape index (κ3) is 10.8. The molecule has 0 atom stereocenters. The average molecular weight is 384 g/mol. The SMILES string of the molecule is C=CC(=O)NC(NC(=O)C=C)c1ccccc1.C=CC(=O)NCNC(=O)C=C. The minimum absolute atomic E-state index is 0.0930. The van der Waals surface area contributed by atoms with Gasteiger partial charge in [-0.05, 0) is 29.9 Å². The van der Waals surface area contributed by atoms with Crippen molar-refractivity contribution in [1.82, 2.24) is 21.3 Å². The van der Waals surface area contributed by atoms with Gasteiger partial charge in [-0.1, -0.05) is 56.6 Å². The summed E-state index contributed by atoms with van der Waals surface area (Å²) in [5, 5.41) is 9.94. The molecule has 148 valence electrons. The standard InChI is InChI=1S/C13H14N2O2.C7H10N2O2/c1-3-11(16)14-13(15-12(17)4-2)10-8-6-5-7-9-10;1-3-6(10)8-5-9-7(11)4-2/h3-9,13H,1-2H2,(H,14,16)(H,15,17);3-4H,1-2,5H2,(H,8,10)(H,9,11). The van der Waals surface area contributed by atoms with Crippen LogP contribution >= 0.6 is 0 Å². The van der Waals surface area contributed by atoms with E-state index in [-0.39, 0.29) is 30.3 Å². The van der Waals surface area contributed by atoms with Gasteiger partial charge in [0.25, 0.3) is 0 Å². The molecule has 0 aliphatic rings. The molecule has 28 heavy (non-hydrogen) atoms. The molecule has 0 radical (unpaired) electrons. The first-order chi connectivity index (χ1) is 13.4. The number of hydrogen-bond donors (Lipinski definition) is 4. The van der Waals surface area contributed by atoms with E-state index in [1.165, 1.54) is 0 Å². The summed E-state index contributed by atoms with van der Waals surface area (Å²) in [7, 11) is 0. The summed E-state index contributed by atoms with van der Waals surface area (Å²) in [5.41, 5.74) is 0.776. The molecule has 0 unspecified atom stereocenters. The largest absolute Gasteiger partial charge is 0.335 e. The summed E-state index contributed by atoms with van der Waals surface area (Å²) >= 11 is 0. The molecule has 8 heteroatoms. The summed E-state index contributed by atoms with van der Waals surface area (Å²) in [6.45, 7) is 13.3. The predicted molar refractivity (Wildman–Crippen MR) is 107 cm³/mol. The van der Waals surface area contributed by atoms with E-state index < -0.39 is 6.17 Å². The summed E-state index contributed by atoms with van der Waals surface area (Å²) in [6, 6.07) is 9.10. The second-order valence-electron chi connectivity index (χ2n) is 4.94. The van der Waals surface area contributed by atoms with Crippen LogP contribution in [0.2, 0.25) is 0 Å². The molecule has 1 aromatic rings. The van der Waals surface area contributed by atoms with Crippen LogP contribution in [0, 0.1) is 0 Å². The van der Waals surface area contributed by atoms with Crippen LogP contribution < -0.4 is 21.3 Å². The van der Waals surface area contributed by atoms with Crippen LogP contribution in [-0.2, 0) is 19.2 Å². The van der Waals surface area contributed by atoms with E-state index in [4.69, 9.17) is 0 Å².